The molecule has 0 aliphatic carbocycles. The molecule has 20 heavy (non-hydrogen) atoms. The van der Waals surface area contributed by atoms with Gasteiger partial charge in [-0.2, -0.15) is 0 Å². The maximum atomic E-state index is 9.77. The van der Waals surface area contributed by atoms with E-state index in [0.717, 1.165) is 0 Å². The lowest BCUT2D eigenvalue weighted by molar-refractivity contribution is -0.348. The van der Waals surface area contributed by atoms with Crippen molar-refractivity contribution in [3.05, 3.63) is 0 Å². The molecule has 0 spiro atoms. The first-order valence-corrected chi connectivity index (χ1v) is 6.34. The molecule has 2 aliphatic rings. The van der Waals surface area contributed by atoms with E-state index in [4.69, 9.17) is 14.2 Å². The van der Waals surface area contributed by atoms with Gasteiger partial charge in [0.1, 0.15) is 36.6 Å². The third kappa shape index (κ3) is 2.96. The monoisotopic (exact) mass is 296 g/mol. The summed E-state index contributed by atoms with van der Waals surface area (Å²) in [7, 11) is 0. The summed E-state index contributed by atoms with van der Waals surface area (Å²) < 4.78 is 15.2. The summed E-state index contributed by atoms with van der Waals surface area (Å²) in [6.07, 6.45) is -12.1. The van der Waals surface area contributed by atoms with Gasteiger partial charge in [0, 0.05) is 0 Å². The van der Waals surface area contributed by atoms with E-state index in [0.29, 0.717) is 0 Å². The first-order valence-electron chi connectivity index (χ1n) is 6.34. The second kappa shape index (κ2) is 6.18. The summed E-state index contributed by atoms with van der Waals surface area (Å²) in [5, 5.41) is 57.7. The fraction of sp³-hybridized carbons (Fsp3) is 1.00. The Morgan fingerprint density at radius 3 is 2.20 bits per heavy atom. The zero-order valence-electron chi connectivity index (χ0n) is 10.8. The molecule has 0 aromatic carbocycles. The molecule has 0 amide bonds. The zero-order chi connectivity index (χ0) is 15.0. The second-order valence-corrected chi connectivity index (χ2v) is 5.06. The van der Waals surface area contributed by atoms with Crippen LogP contribution in [0.5, 0.6) is 0 Å². The van der Waals surface area contributed by atoms with E-state index in [9.17, 15) is 30.6 Å². The standard InChI is InChI=1S/C11H20O9/c1-3-5(13)7(15)8(16)11(19-3)20-9-6(14)4(12)2-18-10(9)17/h3-17H,2H2,1H3/t3-,4-,5-,6-,7+,8+,9+,10-,11-/m0/s1. The van der Waals surface area contributed by atoms with Crippen molar-refractivity contribution in [1.82, 2.24) is 0 Å². The van der Waals surface area contributed by atoms with Crippen molar-refractivity contribution >= 4 is 0 Å². The predicted octanol–water partition coefficient (Wildman–Crippen LogP) is -3.73. The Hall–Kier alpha value is -0.360. The highest BCUT2D eigenvalue weighted by Gasteiger charge is 2.47. The minimum Gasteiger partial charge on any atom is -0.388 e. The Bertz CT molecular complexity index is 327. The van der Waals surface area contributed by atoms with E-state index >= 15 is 0 Å². The number of hydrogen-bond acceptors (Lipinski definition) is 9. The molecule has 9 heteroatoms. The van der Waals surface area contributed by atoms with Crippen LogP contribution >= 0.6 is 0 Å². The molecular weight excluding hydrogens is 276 g/mol. The summed E-state index contributed by atoms with van der Waals surface area (Å²) >= 11 is 0. The molecule has 2 aliphatic heterocycles. The smallest absolute Gasteiger partial charge is 0.187 e. The van der Waals surface area contributed by atoms with Crippen LogP contribution in [0.3, 0.4) is 0 Å². The van der Waals surface area contributed by atoms with Crippen LogP contribution in [-0.4, -0.2) is 92.6 Å². The third-order valence-corrected chi connectivity index (χ3v) is 3.55. The van der Waals surface area contributed by atoms with Gasteiger partial charge >= 0.3 is 0 Å². The van der Waals surface area contributed by atoms with Crippen LogP contribution in [0.1, 0.15) is 6.92 Å². The molecule has 6 N–H and O–H groups in total. The van der Waals surface area contributed by atoms with Gasteiger partial charge in [0.2, 0.25) is 0 Å². The molecule has 9 nitrogen and oxygen atoms in total. The Morgan fingerprint density at radius 1 is 0.900 bits per heavy atom. The van der Waals surface area contributed by atoms with E-state index in [1.54, 1.807) is 0 Å². The normalized spacial score (nSPS) is 53.9. The molecule has 2 heterocycles. The summed E-state index contributed by atoms with van der Waals surface area (Å²) in [5.74, 6) is 0. The molecule has 0 radical (unpaired) electrons. The molecule has 0 bridgehead atoms. The Kier molecular flexibility index (Phi) is 4.95. The number of hydrogen-bond donors (Lipinski definition) is 6. The first kappa shape index (κ1) is 16.0. The van der Waals surface area contributed by atoms with E-state index < -0.39 is 55.3 Å². The van der Waals surface area contributed by atoms with E-state index in [1.807, 2.05) is 0 Å². The van der Waals surface area contributed by atoms with Crippen LogP contribution in [-0.2, 0) is 14.2 Å². The average molecular weight is 296 g/mol. The van der Waals surface area contributed by atoms with Gasteiger partial charge < -0.3 is 44.8 Å². The van der Waals surface area contributed by atoms with Crippen LogP contribution in [0.2, 0.25) is 0 Å². The summed E-state index contributed by atoms with van der Waals surface area (Å²) in [5.41, 5.74) is 0. The predicted molar refractivity (Wildman–Crippen MR) is 61.2 cm³/mol. The van der Waals surface area contributed by atoms with E-state index in [-0.39, 0.29) is 6.61 Å². The van der Waals surface area contributed by atoms with Crippen LogP contribution < -0.4 is 0 Å². The highest BCUT2D eigenvalue weighted by Crippen LogP contribution is 2.26. The SMILES string of the molecule is C[C@@H]1O[C@@H](O[C@@H]2[C@@H](O)[C@@H](O)CO[C@@H]2O)[C@H](O)[C@H](O)[C@H]1O. The van der Waals surface area contributed by atoms with Crippen molar-refractivity contribution < 1.29 is 44.8 Å². The zero-order valence-corrected chi connectivity index (χ0v) is 10.8. The average Bonchev–Trinajstić information content (AvgIpc) is 2.42. The topological polar surface area (TPSA) is 149 Å². The number of ether oxygens (including phenoxy) is 3. The highest BCUT2D eigenvalue weighted by atomic mass is 16.7. The van der Waals surface area contributed by atoms with Gasteiger partial charge in [0.25, 0.3) is 0 Å². The molecule has 0 unspecified atom stereocenters. The lowest BCUT2D eigenvalue weighted by atomic mass is 9.99. The lowest BCUT2D eigenvalue weighted by Gasteiger charge is -2.43. The van der Waals surface area contributed by atoms with Crippen LogP contribution in [0.25, 0.3) is 0 Å². The minimum absolute atomic E-state index is 0.256. The Morgan fingerprint density at radius 2 is 1.55 bits per heavy atom. The number of aliphatic hydroxyl groups excluding tert-OH is 6. The van der Waals surface area contributed by atoms with Gasteiger partial charge in [0.15, 0.2) is 12.6 Å². The van der Waals surface area contributed by atoms with Crippen molar-refractivity contribution in [2.75, 3.05) is 6.61 Å². The number of rotatable bonds is 2. The van der Waals surface area contributed by atoms with Crippen LogP contribution in [0.4, 0.5) is 0 Å². The minimum atomic E-state index is -1.57. The molecular formula is C11H20O9. The van der Waals surface area contributed by atoms with Crippen LogP contribution in [0, 0.1) is 0 Å². The van der Waals surface area contributed by atoms with Gasteiger partial charge in [0.05, 0.1) is 12.7 Å². The van der Waals surface area contributed by atoms with E-state index in [2.05, 4.69) is 0 Å². The summed E-state index contributed by atoms with van der Waals surface area (Å²) in [6.45, 7) is 1.21. The molecule has 0 aromatic heterocycles. The molecule has 2 fully saturated rings. The molecule has 2 rings (SSSR count). The summed E-state index contributed by atoms with van der Waals surface area (Å²) in [4.78, 5) is 0. The highest BCUT2D eigenvalue weighted by molar-refractivity contribution is 4.90. The first-order chi connectivity index (χ1) is 9.32. The molecule has 0 aromatic rings. The van der Waals surface area contributed by atoms with Gasteiger partial charge in [-0.1, -0.05) is 0 Å². The van der Waals surface area contributed by atoms with Gasteiger partial charge in [-0.05, 0) is 6.92 Å². The maximum Gasteiger partial charge on any atom is 0.187 e. The van der Waals surface area contributed by atoms with Crippen molar-refractivity contribution in [3.63, 3.8) is 0 Å². The van der Waals surface area contributed by atoms with Gasteiger partial charge in [-0.3, -0.25) is 0 Å². The molecule has 2 saturated heterocycles. The van der Waals surface area contributed by atoms with Crippen molar-refractivity contribution in [2.24, 2.45) is 0 Å². The van der Waals surface area contributed by atoms with Gasteiger partial charge in [-0.25, -0.2) is 0 Å². The lowest BCUT2D eigenvalue weighted by Crippen LogP contribution is -2.61. The Balaban J connectivity index is 2.04. The molecule has 9 atom stereocenters. The largest absolute Gasteiger partial charge is 0.388 e. The quantitative estimate of drug-likeness (QED) is 0.302. The second-order valence-electron chi connectivity index (χ2n) is 5.06. The maximum absolute atomic E-state index is 9.77. The van der Waals surface area contributed by atoms with Crippen molar-refractivity contribution in [1.29, 1.82) is 0 Å². The third-order valence-electron chi connectivity index (χ3n) is 3.55. The van der Waals surface area contributed by atoms with Crippen molar-refractivity contribution in [3.8, 4) is 0 Å². The van der Waals surface area contributed by atoms with Crippen molar-refractivity contribution in [2.45, 2.75) is 62.2 Å². The van der Waals surface area contributed by atoms with Crippen LogP contribution in [0.15, 0.2) is 0 Å². The summed E-state index contributed by atoms with van der Waals surface area (Å²) in [6, 6.07) is 0. The Labute approximate surface area is 114 Å². The fourth-order valence-corrected chi connectivity index (χ4v) is 2.21. The van der Waals surface area contributed by atoms with E-state index in [1.165, 1.54) is 6.92 Å². The molecule has 118 valence electrons. The number of aliphatic hydroxyl groups is 6. The van der Waals surface area contributed by atoms with Gasteiger partial charge in [-0.15, -0.1) is 0 Å². The fourth-order valence-electron chi connectivity index (χ4n) is 2.21. The molecule has 0 saturated carbocycles.